The van der Waals surface area contributed by atoms with Crippen LogP contribution in [0.15, 0.2) is 36.7 Å². The summed E-state index contributed by atoms with van der Waals surface area (Å²) in [4.78, 5) is 11.6. The second-order valence-electron chi connectivity index (χ2n) is 3.88. The van der Waals surface area contributed by atoms with Gasteiger partial charge in [0.25, 0.3) is 5.91 Å². The highest BCUT2D eigenvalue weighted by molar-refractivity contribution is 5.91. The van der Waals surface area contributed by atoms with Crippen LogP contribution in [0.2, 0.25) is 0 Å². The Morgan fingerprint density at radius 1 is 1.42 bits per heavy atom. The highest BCUT2D eigenvalue weighted by atomic mass is 19.1. The monoisotopic (exact) mass is 263 g/mol. The zero-order chi connectivity index (χ0) is 13.7. The molecule has 19 heavy (non-hydrogen) atoms. The summed E-state index contributed by atoms with van der Waals surface area (Å²) in [6, 6.07) is 5.54. The van der Waals surface area contributed by atoms with Gasteiger partial charge in [0.2, 0.25) is 0 Å². The summed E-state index contributed by atoms with van der Waals surface area (Å²) in [6.07, 6.45) is 3.26. The van der Waals surface area contributed by atoms with Crippen LogP contribution in [-0.4, -0.2) is 22.3 Å². The summed E-state index contributed by atoms with van der Waals surface area (Å²) in [5.41, 5.74) is 0.527. The molecule has 1 amide bonds. The Hall–Kier alpha value is -2.37. The molecule has 0 spiro atoms. The molecule has 0 fully saturated rings. The van der Waals surface area contributed by atoms with Crippen molar-refractivity contribution in [2.24, 2.45) is 0 Å². The molecule has 1 aromatic carbocycles. The molecule has 1 heterocycles. The average Bonchev–Trinajstić information content (AvgIpc) is 2.87. The van der Waals surface area contributed by atoms with Crippen LogP contribution < -0.4 is 10.1 Å². The molecule has 6 heteroatoms. The molecule has 100 valence electrons. The minimum atomic E-state index is -0.346. The Bertz CT molecular complexity index is 551. The van der Waals surface area contributed by atoms with E-state index in [0.29, 0.717) is 11.4 Å². The van der Waals surface area contributed by atoms with Crippen molar-refractivity contribution in [2.75, 3.05) is 11.9 Å². The van der Waals surface area contributed by atoms with Crippen LogP contribution in [0, 0.1) is 5.82 Å². The summed E-state index contributed by atoms with van der Waals surface area (Å²) in [5.74, 6) is -0.117. The van der Waals surface area contributed by atoms with Gasteiger partial charge in [-0.15, -0.1) is 0 Å². The number of aryl methyl sites for hydroxylation is 1. The maximum absolute atomic E-state index is 12.7. The first-order chi connectivity index (χ1) is 9.17. The Balaban J connectivity index is 1.82. The number of amides is 1. The fourth-order valence-corrected chi connectivity index (χ4v) is 1.47. The van der Waals surface area contributed by atoms with E-state index in [1.165, 1.54) is 24.3 Å². The van der Waals surface area contributed by atoms with E-state index in [1.54, 1.807) is 17.1 Å². The van der Waals surface area contributed by atoms with Crippen molar-refractivity contribution in [1.82, 2.24) is 9.78 Å². The summed E-state index contributed by atoms with van der Waals surface area (Å²) >= 11 is 0. The fraction of sp³-hybridized carbons (Fsp3) is 0.231. The number of hydrogen-bond donors (Lipinski definition) is 1. The van der Waals surface area contributed by atoms with E-state index in [1.807, 2.05) is 6.92 Å². The van der Waals surface area contributed by atoms with Crippen molar-refractivity contribution in [3.63, 3.8) is 0 Å². The normalized spacial score (nSPS) is 10.2. The number of aromatic nitrogens is 2. The van der Waals surface area contributed by atoms with E-state index in [-0.39, 0.29) is 18.3 Å². The smallest absolute Gasteiger partial charge is 0.262 e. The second-order valence-corrected chi connectivity index (χ2v) is 3.88. The van der Waals surface area contributed by atoms with Gasteiger partial charge in [-0.25, -0.2) is 4.39 Å². The lowest BCUT2D eigenvalue weighted by Gasteiger charge is -2.05. The summed E-state index contributed by atoms with van der Waals surface area (Å²) < 4.78 is 19.7. The maximum atomic E-state index is 12.7. The van der Waals surface area contributed by atoms with Crippen molar-refractivity contribution < 1.29 is 13.9 Å². The quantitative estimate of drug-likeness (QED) is 0.898. The highest BCUT2D eigenvalue weighted by Crippen LogP contribution is 2.10. The SMILES string of the molecule is CCn1cc(OCC(=O)Nc2ccc(F)cc2)cn1. The number of carbonyl (C=O) groups excluding carboxylic acids is 1. The summed E-state index contributed by atoms with van der Waals surface area (Å²) in [6.45, 7) is 2.58. The molecule has 0 aliphatic rings. The number of halogens is 1. The van der Waals surface area contributed by atoms with Gasteiger partial charge in [0, 0.05) is 12.2 Å². The van der Waals surface area contributed by atoms with Crippen molar-refractivity contribution >= 4 is 11.6 Å². The molecule has 1 aromatic heterocycles. The van der Waals surface area contributed by atoms with Gasteiger partial charge in [-0.1, -0.05) is 0 Å². The Morgan fingerprint density at radius 2 is 2.16 bits per heavy atom. The Kier molecular flexibility index (Phi) is 4.12. The molecule has 2 rings (SSSR count). The van der Waals surface area contributed by atoms with Gasteiger partial charge in [-0.05, 0) is 31.2 Å². The zero-order valence-electron chi connectivity index (χ0n) is 10.5. The highest BCUT2D eigenvalue weighted by Gasteiger charge is 2.05. The molecule has 0 bridgehead atoms. The first-order valence-corrected chi connectivity index (χ1v) is 5.88. The zero-order valence-corrected chi connectivity index (χ0v) is 10.5. The lowest BCUT2D eigenvalue weighted by molar-refractivity contribution is -0.118. The molecular weight excluding hydrogens is 249 g/mol. The van der Waals surface area contributed by atoms with Crippen LogP contribution in [-0.2, 0) is 11.3 Å². The average molecular weight is 263 g/mol. The van der Waals surface area contributed by atoms with Crippen molar-refractivity contribution in [3.8, 4) is 5.75 Å². The number of nitrogens with one attached hydrogen (secondary N) is 1. The summed E-state index contributed by atoms with van der Waals surface area (Å²) in [5, 5.41) is 6.63. The molecule has 1 N–H and O–H groups in total. The molecule has 0 unspecified atom stereocenters. The third-order valence-electron chi connectivity index (χ3n) is 2.43. The molecule has 2 aromatic rings. The number of benzene rings is 1. The first kappa shape index (κ1) is 13.1. The minimum Gasteiger partial charge on any atom is -0.480 e. The fourth-order valence-electron chi connectivity index (χ4n) is 1.47. The van der Waals surface area contributed by atoms with E-state index < -0.39 is 0 Å². The maximum Gasteiger partial charge on any atom is 0.262 e. The van der Waals surface area contributed by atoms with Gasteiger partial charge in [0.05, 0.1) is 12.4 Å². The number of anilines is 1. The predicted octanol–water partition coefficient (Wildman–Crippen LogP) is 2.06. The van der Waals surface area contributed by atoms with Gasteiger partial charge in [-0.3, -0.25) is 9.48 Å². The van der Waals surface area contributed by atoms with E-state index in [4.69, 9.17) is 4.74 Å². The van der Waals surface area contributed by atoms with Crippen molar-refractivity contribution in [2.45, 2.75) is 13.5 Å². The second kappa shape index (κ2) is 5.99. The van der Waals surface area contributed by atoms with Crippen LogP contribution in [0.25, 0.3) is 0 Å². The molecule has 0 aliphatic carbocycles. The number of rotatable bonds is 5. The summed E-state index contributed by atoms with van der Waals surface area (Å²) in [7, 11) is 0. The van der Waals surface area contributed by atoms with Gasteiger partial charge < -0.3 is 10.1 Å². The van der Waals surface area contributed by atoms with Gasteiger partial charge >= 0.3 is 0 Å². The lowest BCUT2D eigenvalue weighted by atomic mass is 10.3. The molecule has 5 nitrogen and oxygen atoms in total. The number of nitrogens with zero attached hydrogens (tertiary/aromatic N) is 2. The number of hydrogen-bond acceptors (Lipinski definition) is 3. The third-order valence-corrected chi connectivity index (χ3v) is 2.43. The topological polar surface area (TPSA) is 56.1 Å². The van der Waals surface area contributed by atoms with Crippen LogP contribution >= 0.6 is 0 Å². The third kappa shape index (κ3) is 3.80. The van der Waals surface area contributed by atoms with E-state index in [0.717, 1.165) is 6.54 Å². The molecule has 0 saturated heterocycles. The van der Waals surface area contributed by atoms with Crippen molar-refractivity contribution in [1.29, 1.82) is 0 Å². The molecule has 0 saturated carbocycles. The van der Waals surface area contributed by atoms with Crippen molar-refractivity contribution in [3.05, 3.63) is 42.5 Å². The van der Waals surface area contributed by atoms with Crippen LogP contribution in [0.5, 0.6) is 5.75 Å². The lowest BCUT2D eigenvalue weighted by Crippen LogP contribution is -2.19. The van der Waals surface area contributed by atoms with E-state index in [9.17, 15) is 9.18 Å². The first-order valence-electron chi connectivity index (χ1n) is 5.88. The largest absolute Gasteiger partial charge is 0.480 e. The number of ether oxygens (including phenoxy) is 1. The van der Waals surface area contributed by atoms with Gasteiger partial charge in [0.1, 0.15) is 5.82 Å². The Morgan fingerprint density at radius 3 is 2.79 bits per heavy atom. The van der Waals surface area contributed by atoms with E-state index in [2.05, 4.69) is 10.4 Å². The van der Waals surface area contributed by atoms with Crippen LogP contribution in [0.4, 0.5) is 10.1 Å². The van der Waals surface area contributed by atoms with E-state index >= 15 is 0 Å². The molecular formula is C13H14FN3O2. The molecule has 0 aliphatic heterocycles. The van der Waals surface area contributed by atoms with Gasteiger partial charge in [-0.2, -0.15) is 5.10 Å². The van der Waals surface area contributed by atoms with Crippen LogP contribution in [0.3, 0.4) is 0 Å². The standard InChI is InChI=1S/C13H14FN3O2/c1-2-17-8-12(7-15-17)19-9-13(18)16-11-5-3-10(14)4-6-11/h3-8H,2,9H2,1H3,(H,16,18). The van der Waals surface area contributed by atoms with Gasteiger partial charge in [0.15, 0.2) is 12.4 Å². The Labute approximate surface area is 110 Å². The number of carbonyl (C=O) groups is 1. The predicted molar refractivity (Wildman–Crippen MR) is 68.4 cm³/mol. The molecule has 0 atom stereocenters. The van der Waals surface area contributed by atoms with Crippen LogP contribution in [0.1, 0.15) is 6.92 Å². The molecule has 0 radical (unpaired) electrons. The minimum absolute atomic E-state index is 0.118.